The van der Waals surface area contributed by atoms with Crippen molar-refractivity contribution in [3.05, 3.63) is 90.1 Å². The third-order valence-electron chi connectivity index (χ3n) is 5.67. The van der Waals surface area contributed by atoms with Crippen molar-refractivity contribution in [3.8, 4) is 0 Å². The van der Waals surface area contributed by atoms with Gasteiger partial charge in [-0.25, -0.2) is 4.98 Å². The van der Waals surface area contributed by atoms with Crippen LogP contribution in [0.15, 0.2) is 79.0 Å². The van der Waals surface area contributed by atoms with Crippen LogP contribution in [-0.2, 0) is 17.9 Å². The molecule has 150 valence electrons. The molecule has 4 nitrogen and oxygen atoms in total. The molecule has 2 aromatic carbocycles. The van der Waals surface area contributed by atoms with Gasteiger partial charge in [-0.05, 0) is 48.9 Å². The van der Waals surface area contributed by atoms with E-state index in [9.17, 15) is 0 Å². The van der Waals surface area contributed by atoms with Crippen LogP contribution in [0.2, 0.25) is 0 Å². The fraction of sp³-hybridized carbons (Fsp3) is 0.320. The quantitative estimate of drug-likeness (QED) is 0.605. The summed E-state index contributed by atoms with van der Waals surface area (Å²) < 4.78 is 6.29. The van der Waals surface area contributed by atoms with Gasteiger partial charge in [0, 0.05) is 12.6 Å². The molecule has 4 heteroatoms. The van der Waals surface area contributed by atoms with Crippen LogP contribution in [0, 0.1) is 0 Å². The summed E-state index contributed by atoms with van der Waals surface area (Å²) in [4.78, 5) is 6.81. The van der Waals surface area contributed by atoms with Gasteiger partial charge in [-0.3, -0.25) is 0 Å². The second-order valence-electron chi connectivity index (χ2n) is 7.79. The third-order valence-corrected chi connectivity index (χ3v) is 5.67. The number of pyridine rings is 1. The molecule has 1 aliphatic carbocycles. The predicted octanol–water partition coefficient (Wildman–Crippen LogP) is 5.20. The number of ether oxygens (including phenoxy) is 1. The summed E-state index contributed by atoms with van der Waals surface area (Å²) in [5.74, 6) is 0.557. The Kier molecular flexibility index (Phi) is 6.42. The first-order chi connectivity index (χ1) is 14.3. The second kappa shape index (κ2) is 9.57. The van der Waals surface area contributed by atoms with Crippen molar-refractivity contribution in [2.75, 3.05) is 10.6 Å². The Balaban J connectivity index is 1.47. The Bertz CT molecular complexity index is 868. The number of nitrogens with two attached hydrogens (primary N) is 1. The number of anilines is 2. The lowest BCUT2D eigenvalue weighted by Gasteiger charge is -2.39. The van der Waals surface area contributed by atoms with E-state index in [2.05, 4.69) is 70.5 Å². The number of nitrogen functional groups attached to an aromatic ring is 1. The predicted molar refractivity (Wildman–Crippen MR) is 119 cm³/mol. The van der Waals surface area contributed by atoms with Gasteiger partial charge in [-0.15, -0.1) is 0 Å². The van der Waals surface area contributed by atoms with Gasteiger partial charge in [-0.2, -0.15) is 0 Å². The zero-order chi connectivity index (χ0) is 19.9. The average molecular weight is 388 g/mol. The molecule has 2 unspecified atom stereocenters. The van der Waals surface area contributed by atoms with E-state index in [1.807, 2.05) is 18.3 Å². The largest absolute Gasteiger partial charge is 0.384 e. The van der Waals surface area contributed by atoms with Crippen LogP contribution >= 0.6 is 0 Å². The maximum atomic E-state index is 6.29. The molecule has 3 aromatic rings. The molecule has 1 saturated carbocycles. The van der Waals surface area contributed by atoms with E-state index in [4.69, 9.17) is 10.5 Å². The van der Waals surface area contributed by atoms with E-state index in [-0.39, 0.29) is 6.10 Å². The van der Waals surface area contributed by atoms with Crippen LogP contribution in [0.4, 0.5) is 11.5 Å². The number of hydrogen-bond donors (Lipinski definition) is 1. The van der Waals surface area contributed by atoms with Gasteiger partial charge in [0.1, 0.15) is 5.82 Å². The normalized spacial score (nSPS) is 19.0. The molecule has 0 amide bonds. The molecular formula is C25H29N3O. The molecule has 1 fully saturated rings. The summed E-state index contributed by atoms with van der Waals surface area (Å²) >= 11 is 0. The van der Waals surface area contributed by atoms with Crippen molar-refractivity contribution in [3.63, 3.8) is 0 Å². The van der Waals surface area contributed by atoms with Gasteiger partial charge in [0.05, 0.1) is 24.6 Å². The minimum Gasteiger partial charge on any atom is -0.384 e. The number of nitrogens with zero attached hydrogens (tertiary/aromatic N) is 2. The zero-order valence-corrected chi connectivity index (χ0v) is 16.8. The van der Waals surface area contributed by atoms with E-state index >= 15 is 0 Å². The van der Waals surface area contributed by atoms with E-state index in [0.29, 0.717) is 18.5 Å². The van der Waals surface area contributed by atoms with Crippen molar-refractivity contribution in [1.29, 1.82) is 0 Å². The Morgan fingerprint density at radius 3 is 2.31 bits per heavy atom. The summed E-state index contributed by atoms with van der Waals surface area (Å²) in [7, 11) is 0. The summed E-state index contributed by atoms with van der Waals surface area (Å²) in [6, 6.07) is 25.5. The standard InChI is InChI=1S/C25H29N3O/c26-25-15-14-23(17-27-25)28(18-20-8-3-1-4-9-20)22-12-7-13-24(16-22)29-19-21-10-5-2-6-11-21/h1-6,8-11,14-15,17,22,24H,7,12-13,16,18-19H2,(H2,26,27). The van der Waals surface area contributed by atoms with Gasteiger partial charge in [-0.1, -0.05) is 60.7 Å². The maximum Gasteiger partial charge on any atom is 0.123 e. The first-order valence-corrected chi connectivity index (χ1v) is 10.5. The van der Waals surface area contributed by atoms with Crippen LogP contribution < -0.4 is 10.6 Å². The average Bonchev–Trinajstić information content (AvgIpc) is 2.78. The van der Waals surface area contributed by atoms with Gasteiger partial charge in [0.15, 0.2) is 0 Å². The highest BCUT2D eigenvalue weighted by atomic mass is 16.5. The van der Waals surface area contributed by atoms with Crippen LogP contribution in [0.25, 0.3) is 0 Å². The molecule has 1 heterocycles. The van der Waals surface area contributed by atoms with Gasteiger partial charge in [0.25, 0.3) is 0 Å². The highest BCUT2D eigenvalue weighted by Crippen LogP contribution is 2.31. The minimum absolute atomic E-state index is 0.286. The Morgan fingerprint density at radius 1 is 0.897 bits per heavy atom. The maximum absolute atomic E-state index is 6.29. The zero-order valence-electron chi connectivity index (χ0n) is 16.8. The lowest BCUT2D eigenvalue weighted by atomic mass is 9.91. The number of aromatic nitrogens is 1. The summed E-state index contributed by atoms with van der Waals surface area (Å²) in [6.45, 7) is 1.54. The van der Waals surface area contributed by atoms with Crippen molar-refractivity contribution in [1.82, 2.24) is 4.98 Å². The van der Waals surface area contributed by atoms with E-state index in [1.54, 1.807) is 0 Å². The van der Waals surface area contributed by atoms with Crippen molar-refractivity contribution in [2.24, 2.45) is 0 Å². The van der Waals surface area contributed by atoms with Crippen LogP contribution in [-0.4, -0.2) is 17.1 Å². The number of benzene rings is 2. The van der Waals surface area contributed by atoms with Gasteiger partial charge < -0.3 is 15.4 Å². The Morgan fingerprint density at radius 2 is 1.62 bits per heavy atom. The summed E-state index contributed by atoms with van der Waals surface area (Å²) in [5.41, 5.74) is 9.48. The molecule has 1 aliphatic rings. The fourth-order valence-electron chi connectivity index (χ4n) is 4.12. The monoisotopic (exact) mass is 387 g/mol. The van der Waals surface area contributed by atoms with Gasteiger partial charge >= 0.3 is 0 Å². The molecule has 0 aliphatic heterocycles. The molecule has 29 heavy (non-hydrogen) atoms. The molecular weight excluding hydrogens is 358 g/mol. The van der Waals surface area contributed by atoms with Crippen molar-refractivity contribution < 1.29 is 4.74 Å². The lowest BCUT2D eigenvalue weighted by molar-refractivity contribution is 0.0112. The molecule has 4 rings (SSSR count). The molecule has 0 radical (unpaired) electrons. The fourth-order valence-corrected chi connectivity index (χ4v) is 4.12. The minimum atomic E-state index is 0.286. The van der Waals surface area contributed by atoms with E-state index in [1.165, 1.54) is 24.0 Å². The van der Waals surface area contributed by atoms with E-state index in [0.717, 1.165) is 25.1 Å². The Labute approximate surface area is 173 Å². The highest BCUT2D eigenvalue weighted by molar-refractivity contribution is 5.49. The third kappa shape index (κ3) is 5.36. The molecule has 2 N–H and O–H groups in total. The van der Waals surface area contributed by atoms with Crippen LogP contribution in [0.1, 0.15) is 36.8 Å². The molecule has 0 saturated heterocycles. The van der Waals surface area contributed by atoms with Gasteiger partial charge in [0.2, 0.25) is 0 Å². The highest BCUT2D eigenvalue weighted by Gasteiger charge is 2.28. The molecule has 1 aromatic heterocycles. The first-order valence-electron chi connectivity index (χ1n) is 10.5. The first kappa shape index (κ1) is 19.5. The number of hydrogen-bond acceptors (Lipinski definition) is 4. The van der Waals surface area contributed by atoms with Crippen LogP contribution in [0.5, 0.6) is 0 Å². The second-order valence-corrected chi connectivity index (χ2v) is 7.79. The van der Waals surface area contributed by atoms with Crippen molar-refractivity contribution >= 4 is 11.5 Å². The summed E-state index contributed by atoms with van der Waals surface area (Å²) in [6.07, 6.45) is 6.69. The van der Waals surface area contributed by atoms with Crippen LogP contribution in [0.3, 0.4) is 0 Å². The molecule has 2 atom stereocenters. The number of rotatable bonds is 7. The SMILES string of the molecule is Nc1ccc(N(Cc2ccccc2)C2CCCC(OCc3ccccc3)C2)cn1. The smallest absolute Gasteiger partial charge is 0.123 e. The Hall–Kier alpha value is -2.85. The van der Waals surface area contributed by atoms with Crippen molar-refractivity contribution in [2.45, 2.75) is 51.0 Å². The lowest BCUT2D eigenvalue weighted by Crippen LogP contribution is -2.40. The molecule has 0 bridgehead atoms. The molecule has 0 spiro atoms. The topological polar surface area (TPSA) is 51.4 Å². The summed E-state index contributed by atoms with van der Waals surface area (Å²) in [5, 5.41) is 0. The van der Waals surface area contributed by atoms with E-state index < -0.39 is 0 Å².